The van der Waals surface area contributed by atoms with E-state index >= 15 is 19.2 Å². The number of methoxy groups -OCH3 is 1. The van der Waals surface area contributed by atoms with Crippen LogP contribution in [-0.4, -0.2) is 140 Å². The van der Waals surface area contributed by atoms with E-state index < -0.39 is 106 Å². The number of hydrogen-bond acceptors (Lipinski definition) is 15. The fourth-order valence-corrected chi connectivity index (χ4v) is 12.6. The molecule has 1 fully saturated rings. The van der Waals surface area contributed by atoms with Gasteiger partial charge in [-0.05, 0) is 79.1 Å². The number of benzene rings is 6. The number of nitrogens with zero attached hydrogens (tertiary/aromatic N) is 1. The van der Waals surface area contributed by atoms with Gasteiger partial charge in [-0.15, -0.1) is 0 Å². The molecule has 1 saturated heterocycles. The molecule has 0 aliphatic carbocycles. The number of alkyl carbamates (subject to hydrolysis) is 1. The van der Waals surface area contributed by atoms with E-state index in [0.717, 1.165) is 30.0 Å². The number of aromatic nitrogens is 1. The van der Waals surface area contributed by atoms with Crippen molar-refractivity contribution in [3.63, 3.8) is 0 Å². The highest BCUT2D eigenvalue weighted by atomic mass is 32.2. The normalized spacial score (nSPS) is 19.2. The van der Waals surface area contributed by atoms with Crippen LogP contribution in [0.3, 0.4) is 0 Å². The molecule has 0 unspecified atom stereocenters. The molecule has 7 amide bonds. The molecule has 6 aromatic carbocycles. The molecule has 8 rings (SSSR count). The molecule has 2 heterocycles. The minimum absolute atomic E-state index is 0.0322. The largest absolute Gasteiger partial charge is 0.467 e. The number of sulfonamides is 1. The second-order valence-corrected chi connectivity index (χ2v) is 25.4. The van der Waals surface area contributed by atoms with E-state index in [1.54, 1.807) is 152 Å². The highest BCUT2D eigenvalue weighted by Crippen LogP contribution is 2.23. The Bertz CT molecular complexity index is 3830. The Balaban J connectivity index is 1.17. The minimum Gasteiger partial charge on any atom is -0.467 e. The fourth-order valence-electron chi connectivity index (χ4n) is 10.4. The number of hydrogen-bond donors (Lipinski definition) is 8. The molecule has 1 aliphatic heterocycles. The van der Waals surface area contributed by atoms with E-state index in [1.165, 1.54) is 29.8 Å². The minimum atomic E-state index is -3.95. The maximum Gasteiger partial charge on any atom is 0.408 e. The third kappa shape index (κ3) is 20.7. The SMILES string of the molecule is COC(=O)[C@@H]1CSC[C@H](NC(=O)[C@@H](Cc2ccccc2)NC(=O)OCc2ccccc2)C(=O)N[C@@H](Cc2ccccc2)C(=O)N[C@H](Cc2cn(C=O)c3ccccc23)C(=O)N[C@@H](CCCCNS(=O)(=O)c2ccc(C)cc2)C(=O)N[C@@H]([C@@H](C)OCc2ccccc2)C(=O)N1. The van der Waals surface area contributed by atoms with Crippen LogP contribution in [0.1, 0.15) is 59.6 Å². The van der Waals surface area contributed by atoms with Gasteiger partial charge in [0.05, 0.1) is 30.2 Å². The van der Waals surface area contributed by atoms with Gasteiger partial charge in [-0.25, -0.2) is 22.7 Å². The van der Waals surface area contributed by atoms with Crippen LogP contribution in [0.2, 0.25) is 0 Å². The van der Waals surface area contributed by atoms with Gasteiger partial charge in [-0.2, -0.15) is 11.8 Å². The number of thioether (sulfide) groups is 1. The molecular weight excluding hydrogens is 1240 g/mol. The highest BCUT2D eigenvalue weighted by Gasteiger charge is 2.38. The molecule has 8 N–H and O–H groups in total. The van der Waals surface area contributed by atoms with Crippen molar-refractivity contribution in [3.8, 4) is 0 Å². The molecule has 1 aliphatic rings. The Morgan fingerprint density at radius 3 is 1.84 bits per heavy atom. The van der Waals surface area contributed by atoms with Crippen LogP contribution in [-0.2, 0) is 95.1 Å². The number of aryl methyl sites for hydroxylation is 1. The molecule has 1 aromatic heterocycles. The van der Waals surface area contributed by atoms with Gasteiger partial charge in [0.25, 0.3) is 0 Å². The number of carbonyl (C=O) groups excluding carboxylic acids is 9. The molecule has 8 atom stereocenters. The van der Waals surface area contributed by atoms with Crippen molar-refractivity contribution in [2.24, 2.45) is 0 Å². The Morgan fingerprint density at radius 1 is 0.638 bits per heavy atom. The maximum atomic E-state index is 15.3. The zero-order chi connectivity index (χ0) is 67.0. The quantitative estimate of drug-likeness (QED) is 0.0227. The summed E-state index contributed by atoms with van der Waals surface area (Å²) in [5.41, 5.74) is 4.37. The predicted molar refractivity (Wildman–Crippen MR) is 353 cm³/mol. The van der Waals surface area contributed by atoms with Crippen LogP contribution in [0.15, 0.2) is 181 Å². The highest BCUT2D eigenvalue weighted by molar-refractivity contribution is 7.99. The summed E-state index contributed by atoms with van der Waals surface area (Å²) in [5, 5.41) is 19.8. The van der Waals surface area contributed by atoms with Gasteiger partial charge in [0.15, 0.2) is 0 Å². The topological polar surface area (TPSA) is 317 Å². The summed E-state index contributed by atoms with van der Waals surface area (Å²) in [4.78, 5) is 130. The van der Waals surface area contributed by atoms with Gasteiger partial charge in [-0.3, -0.25) is 38.1 Å². The lowest BCUT2D eigenvalue weighted by atomic mass is 10.0. The molecule has 0 radical (unpaired) electrons. The molecule has 7 aromatic rings. The van der Waals surface area contributed by atoms with Crippen LogP contribution < -0.4 is 41.9 Å². The van der Waals surface area contributed by atoms with Crippen molar-refractivity contribution in [2.45, 2.75) is 119 Å². The maximum absolute atomic E-state index is 15.3. The van der Waals surface area contributed by atoms with Crippen LogP contribution in [0.5, 0.6) is 0 Å². The average molecular weight is 1320 g/mol. The molecule has 0 spiro atoms. The van der Waals surface area contributed by atoms with Crippen LogP contribution in [0.25, 0.3) is 10.9 Å². The number of carbonyl (C=O) groups is 9. The second kappa shape index (κ2) is 34.8. The van der Waals surface area contributed by atoms with E-state index in [0.29, 0.717) is 39.6 Å². The first-order chi connectivity index (χ1) is 45.4. The van der Waals surface area contributed by atoms with Crippen molar-refractivity contribution < 1.29 is 65.8 Å². The molecule has 0 bridgehead atoms. The number of esters is 1. The lowest BCUT2D eigenvalue weighted by Crippen LogP contribution is -2.61. The molecule has 25 heteroatoms. The molecule has 0 saturated carbocycles. The number of para-hydroxylation sites is 1. The lowest BCUT2D eigenvalue weighted by Gasteiger charge is -2.29. The summed E-state index contributed by atoms with van der Waals surface area (Å²) >= 11 is 0.941. The van der Waals surface area contributed by atoms with Gasteiger partial charge < -0.3 is 51.4 Å². The van der Waals surface area contributed by atoms with Crippen molar-refractivity contribution in [1.82, 2.24) is 46.5 Å². The summed E-state index contributed by atoms with van der Waals surface area (Å²) in [5.74, 6) is -6.91. The van der Waals surface area contributed by atoms with Crippen LogP contribution in [0, 0.1) is 6.92 Å². The van der Waals surface area contributed by atoms with Gasteiger partial charge in [-0.1, -0.05) is 157 Å². The first-order valence-electron chi connectivity index (χ1n) is 30.7. The first kappa shape index (κ1) is 70.2. The van der Waals surface area contributed by atoms with Crippen molar-refractivity contribution in [2.75, 3.05) is 25.2 Å². The molecule has 494 valence electrons. The molecule has 23 nitrogen and oxygen atoms in total. The Hall–Kier alpha value is -9.69. The fraction of sp³-hybridized carbons (Fsp3) is 0.319. The monoisotopic (exact) mass is 1320 g/mol. The second-order valence-electron chi connectivity index (χ2n) is 22.6. The van der Waals surface area contributed by atoms with Gasteiger partial charge >= 0.3 is 12.1 Å². The number of unbranched alkanes of at least 4 members (excludes halogenated alkanes) is 1. The summed E-state index contributed by atoms with van der Waals surface area (Å²) in [6.45, 7) is 3.12. The van der Waals surface area contributed by atoms with Gasteiger partial charge in [0.1, 0.15) is 48.9 Å². The van der Waals surface area contributed by atoms with Crippen LogP contribution >= 0.6 is 11.8 Å². The zero-order valence-electron chi connectivity index (χ0n) is 52.2. The van der Waals surface area contributed by atoms with Crippen LogP contribution in [0.4, 0.5) is 4.79 Å². The Morgan fingerprint density at radius 2 is 1.20 bits per heavy atom. The van der Waals surface area contributed by atoms with E-state index in [1.807, 2.05) is 13.0 Å². The smallest absolute Gasteiger partial charge is 0.408 e. The standard InChI is InChI=1S/C69H77N9O14S2/c1-45-31-33-52(34-32-45)94(88,89)70-35-19-18-29-54-62(80)77-61(46(2)91-40-49-24-12-6-13-25-49)67(85)75-59(68(86)90-3)43-93-42-58(74-64(82)56(37-48-22-10-5-11-23-48)76-69(87)92-41-50-26-14-7-15-27-50)66(84)72-55(36-47-20-8-4-9-21-47)63(81)73-57(65(83)71-54)38-51-39-78(44-79)60-30-17-16-28-53(51)60/h4-17,20-28,30-34,39,44,46,54-59,61,70H,18-19,29,35-38,40-43H2,1-3H3,(H,71,83)(H,72,84)(H,73,81)(H,74,82)(H,75,85)(H,76,87)(H,77,80)/t46-,54+,55+,56-,57-,58+,59+,61+/m1/s1. The van der Waals surface area contributed by atoms with Gasteiger partial charge in [0, 0.05) is 48.9 Å². The van der Waals surface area contributed by atoms with Crippen molar-refractivity contribution in [3.05, 3.63) is 209 Å². The predicted octanol–water partition coefficient (Wildman–Crippen LogP) is 4.89. The summed E-state index contributed by atoms with van der Waals surface area (Å²) < 4.78 is 47.4. The number of fused-ring (bicyclic) bond motifs is 1. The Kier molecular flexibility index (Phi) is 26.0. The van der Waals surface area contributed by atoms with E-state index in [4.69, 9.17) is 14.2 Å². The van der Waals surface area contributed by atoms with Crippen molar-refractivity contribution >= 4 is 86.6 Å². The number of amides is 7. The zero-order valence-corrected chi connectivity index (χ0v) is 53.8. The lowest BCUT2D eigenvalue weighted by molar-refractivity contribution is -0.145. The number of ether oxygens (including phenoxy) is 3. The van der Waals surface area contributed by atoms with Crippen molar-refractivity contribution in [1.29, 1.82) is 0 Å². The van der Waals surface area contributed by atoms with E-state index in [-0.39, 0.29) is 74.7 Å². The van der Waals surface area contributed by atoms with E-state index in [2.05, 4.69) is 41.9 Å². The summed E-state index contributed by atoms with van der Waals surface area (Å²) in [6, 6.07) is 37.9. The summed E-state index contributed by atoms with van der Waals surface area (Å²) in [7, 11) is -2.85. The molecule has 94 heavy (non-hydrogen) atoms. The third-order valence-corrected chi connectivity index (χ3v) is 18.2. The number of nitrogens with one attached hydrogen (secondary N) is 8. The average Bonchev–Trinajstić information content (AvgIpc) is 1.65. The summed E-state index contributed by atoms with van der Waals surface area (Å²) in [6.07, 6.45) is -0.403. The first-order valence-corrected chi connectivity index (χ1v) is 33.3. The third-order valence-electron chi connectivity index (χ3n) is 15.6. The Labute approximate surface area is 549 Å². The van der Waals surface area contributed by atoms with E-state index in [9.17, 15) is 32.4 Å². The molecular formula is C69H77N9O14S2. The van der Waals surface area contributed by atoms with Gasteiger partial charge in [0.2, 0.25) is 51.9 Å². The number of rotatable bonds is 24.